The fourth-order valence-electron chi connectivity index (χ4n) is 1.65. The molecule has 1 amide bonds. The molecule has 2 atom stereocenters. The van der Waals surface area contributed by atoms with E-state index < -0.39 is 5.97 Å². The first-order valence-electron chi connectivity index (χ1n) is 4.09. The molecular formula is C8H13NO3. The van der Waals surface area contributed by atoms with E-state index in [4.69, 9.17) is 5.11 Å². The lowest BCUT2D eigenvalue weighted by atomic mass is 10.0. The zero-order valence-electron chi connectivity index (χ0n) is 7.04. The first-order valence-corrected chi connectivity index (χ1v) is 4.09. The number of hydrogen-bond acceptors (Lipinski definition) is 2. The summed E-state index contributed by atoms with van der Waals surface area (Å²) in [6.07, 6.45) is 1.83. The van der Waals surface area contributed by atoms with Crippen LogP contribution in [-0.2, 0) is 9.59 Å². The van der Waals surface area contributed by atoms with Gasteiger partial charge in [-0.3, -0.25) is 9.59 Å². The molecule has 1 fully saturated rings. The summed E-state index contributed by atoms with van der Waals surface area (Å²) >= 11 is 0. The van der Waals surface area contributed by atoms with Crippen molar-refractivity contribution < 1.29 is 14.7 Å². The van der Waals surface area contributed by atoms with Gasteiger partial charge in [-0.2, -0.15) is 0 Å². The fourth-order valence-corrected chi connectivity index (χ4v) is 1.65. The maximum Gasteiger partial charge on any atom is 0.306 e. The van der Waals surface area contributed by atoms with Crippen LogP contribution in [0.2, 0.25) is 0 Å². The number of rotatable bonds is 2. The van der Waals surface area contributed by atoms with E-state index in [1.165, 1.54) is 0 Å². The van der Waals surface area contributed by atoms with Gasteiger partial charge in [-0.25, -0.2) is 0 Å². The van der Waals surface area contributed by atoms with Crippen molar-refractivity contribution in [3.8, 4) is 0 Å². The van der Waals surface area contributed by atoms with Gasteiger partial charge in [0.1, 0.15) is 0 Å². The maximum absolute atomic E-state index is 11.1. The predicted octanol–water partition coefficient (Wildman–Crippen LogP) is 0.233. The summed E-state index contributed by atoms with van der Waals surface area (Å²) < 4.78 is 0. The van der Waals surface area contributed by atoms with E-state index in [0.29, 0.717) is 19.3 Å². The molecule has 1 saturated carbocycles. The Balaban J connectivity index is 2.45. The largest absolute Gasteiger partial charge is 0.481 e. The minimum Gasteiger partial charge on any atom is -0.481 e. The summed E-state index contributed by atoms with van der Waals surface area (Å²) in [5.74, 6) is -1.21. The monoisotopic (exact) mass is 171 g/mol. The molecule has 0 bridgehead atoms. The van der Waals surface area contributed by atoms with Gasteiger partial charge in [0, 0.05) is 13.0 Å². The van der Waals surface area contributed by atoms with Crippen molar-refractivity contribution in [2.75, 3.05) is 7.05 Å². The van der Waals surface area contributed by atoms with Crippen LogP contribution in [0.4, 0.5) is 0 Å². The van der Waals surface area contributed by atoms with Gasteiger partial charge in [-0.1, -0.05) is 0 Å². The molecule has 0 aromatic heterocycles. The van der Waals surface area contributed by atoms with E-state index in [1.807, 2.05) is 0 Å². The topological polar surface area (TPSA) is 66.4 Å². The SMILES string of the molecule is CNC(=O)[C@@H]1CC[C@H](C(=O)O)C1. The number of amides is 1. The summed E-state index contributed by atoms with van der Waals surface area (Å²) in [4.78, 5) is 21.6. The molecule has 1 aliphatic rings. The predicted molar refractivity (Wildman–Crippen MR) is 42.5 cm³/mol. The summed E-state index contributed by atoms with van der Waals surface area (Å²) in [5, 5.41) is 11.2. The average molecular weight is 171 g/mol. The molecule has 1 aliphatic carbocycles. The number of carboxylic acids is 1. The number of carbonyl (C=O) groups is 2. The second-order valence-corrected chi connectivity index (χ2v) is 3.16. The molecule has 4 nitrogen and oxygen atoms in total. The molecule has 0 aromatic rings. The van der Waals surface area contributed by atoms with E-state index in [-0.39, 0.29) is 17.7 Å². The summed E-state index contributed by atoms with van der Waals surface area (Å²) in [7, 11) is 1.58. The third-order valence-corrected chi connectivity index (χ3v) is 2.40. The van der Waals surface area contributed by atoms with Gasteiger partial charge in [0.25, 0.3) is 0 Å². The minimum atomic E-state index is -0.776. The standard InChI is InChI=1S/C8H13NO3/c1-9-7(10)5-2-3-6(4-5)8(11)12/h5-6H,2-4H2,1H3,(H,9,10)(H,11,12)/t5-,6+/m1/s1. The smallest absolute Gasteiger partial charge is 0.306 e. The Kier molecular flexibility index (Phi) is 2.68. The highest BCUT2D eigenvalue weighted by atomic mass is 16.4. The zero-order valence-corrected chi connectivity index (χ0v) is 7.04. The Morgan fingerprint density at radius 1 is 1.33 bits per heavy atom. The molecule has 0 aliphatic heterocycles. The molecule has 0 aromatic carbocycles. The van der Waals surface area contributed by atoms with Crippen LogP contribution in [-0.4, -0.2) is 24.0 Å². The third-order valence-electron chi connectivity index (χ3n) is 2.40. The van der Waals surface area contributed by atoms with Crippen LogP contribution in [0.1, 0.15) is 19.3 Å². The lowest BCUT2D eigenvalue weighted by Gasteiger charge is -2.06. The Morgan fingerprint density at radius 2 is 1.92 bits per heavy atom. The number of hydrogen-bond donors (Lipinski definition) is 2. The van der Waals surface area contributed by atoms with Gasteiger partial charge in [0.05, 0.1) is 5.92 Å². The molecule has 0 heterocycles. The van der Waals surface area contributed by atoms with Crippen molar-refractivity contribution in [2.45, 2.75) is 19.3 Å². The van der Waals surface area contributed by atoms with Crippen molar-refractivity contribution in [3.05, 3.63) is 0 Å². The summed E-state index contributed by atoms with van der Waals surface area (Å²) in [5.41, 5.74) is 0. The molecule has 0 radical (unpaired) electrons. The molecule has 2 N–H and O–H groups in total. The summed E-state index contributed by atoms with van der Waals surface area (Å²) in [6.45, 7) is 0. The van der Waals surface area contributed by atoms with Gasteiger partial charge in [-0.05, 0) is 19.3 Å². The van der Waals surface area contributed by atoms with Gasteiger partial charge >= 0.3 is 5.97 Å². The third kappa shape index (κ3) is 1.75. The van der Waals surface area contributed by atoms with Gasteiger partial charge in [0.15, 0.2) is 0 Å². The molecule has 12 heavy (non-hydrogen) atoms. The van der Waals surface area contributed by atoms with E-state index in [2.05, 4.69) is 5.32 Å². The van der Waals surface area contributed by atoms with Crippen LogP contribution in [0, 0.1) is 11.8 Å². The Labute approximate surface area is 71.0 Å². The lowest BCUT2D eigenvalue weighted by molar-refractivity contribution is -0.141. The van der Waals surface area contributed by atoms with E-state index in [0.717, 1.165) is 0 Å². The van der Waals surface area contributed by atoms with Crippen LogP contribution in [0.5, 0.6) is 0 Å². The molecule has 68 valence electrons. The van der Waals surface area contributed by atoms with Gasteiger partial charge < -0.3 is 10.4 Å². The second kappa shape index (κ2) is 3.56. The van der Waals surface area contributed by atoms with Crippen molar-refractivity contribution >= 4 is 11.9 Å². The molecule has 4 heteroatoms. The first kappa shape index (κ1) is 9.03. The van der Waals surface area contributed by atoms with Gasteiger partial charge in [-0.15, -0.1) is 0 Å². The maximum atomic E-state index is 11.1. The van der Waals surface area contributed by atoms with Crippen molar-refractivity contribution in [3.63, 3.8) is 0 Å². The highest BCUT2D eigenvalue weighted by Gasteiger charge is 2.33. The number of nitrogens with one attached hydrogen (secondary N) is 1. The van der Waals surface area contributed by atoms with E-state index in [9.17, 15) is 9.59 Å². The van der Waals surface area contributed by atoms with E-state index >= 15 is 0 Å². The fraction of sp³-hybridized carbons (Fsp3) is 0.750. The average Bonchev–Trinajstić information content (AvgIpc) is 2.51. The quantitative estimate of drug-likeness (QED) is 0.625. The lowest BCUT2D eigenvalue weighted by Crippen LogP contribution is -2.26. The Morgan fingerprint density at radius 3 is 2.33 bits per heavy atom. The Bertz CT molecular complexity index is 202. The molecule has 0 spiro atoms. The van der Waals surface area contributed by atoms with Crippen LogP contribution in [0.15, 0.2) is 0 Å². The Hall–Kier alpha value is -1.06. The first-order chi connectivity index (χ1) is 5.65. The molecular weight excluding hydrogens is 158 g/mol. The van der Waals surface area contributed by atoms with Gasteiger partial charge in [0.2, 0.25) is 5.91 Å². The van der Waals surface area contributed by atoms with Crippen LogP contribution < -0.4 is 5.32 Å². The van der Waals surface area contributed by atoms with E-state index in [1.54, 1.807) is 7.05 Å². The summed E-state index contributed by atoms with van der Waals surface area (Å²) in [6, 6.07) is 0. The second-order valence-electron chi connectivity index (χ2n) is 3.16. The molecule has 0 saturated heterocycles. The molecule has 1 rings (SSSR count). The van der Waals surface area contributed by atoms with Crippen molar-refractivity contribution in [1.29, 1.82) is 0 Å². The van der Waals surface area contributed by atoms with Crippen molar-refractivity contribution in [2.24, 2.45) is 11.8 Å². The van der Waals surface area contributed by atoms with Crippen molar-refractivity contribution in [1.82, 2.24) is 5.32 Å². The number of carboxylic acid groups (broad SMARTS) is 1. The normalized spacial score (nSPS) is 28.4. The minimum absolute atomic E-state index is 0.0289. The number of aliphatic carboxylic acids is 1. The zero-order chi connectivity index (χ0) is 9.14. The van der Waals surface area contributed by atoms with Crippen LogP contribution in [0.3, 0.4) is 0 Å². The van der Waals surface area contributed by atoms with Crippen LogP contribution in [0.25, 0.3) is 0 Å². The van der Waals surface area contributed by atoms with Crippen LogP contribution >= 0.6 is 0 Å². The molecule has 0 unspecified atom stereocenters. The number of carbonyl (C=O) groups excluding carboxylic acids is 1. The highest BCUT2D eigenvalue weighted by molar-refractivity contribution is 5.80. The highest BCUT2D eigenvalue weighted by Crippen LogP contribution is 2.30.